The molecule has 128 valence electrons. The molecule has 0 spiro atoms. The summed E-state index contributed by atoms with van der Waals surface area (Å²) in [4.78, 5) is 24.7. The standard InChI is InChI=1S/C17H20N2O4S/c1-11(19-17(21)15-5-4-8-24-15)16(20)18-10-12-6-7-13(22-2)9-14(12)23-3/h4-9,11H,10H2,1-3H3,(H,18,20)(H,19,21). The molecule has 2 aromatic rings. The molecule has 0 saturated carbocycles. The lowest BCUT2D eigenvalue weighted by atomic mass is 10.2. The molecule has 0 aliphatic carbocycles. The second-order valence-electron chi connectivity index (χ2n) is 5.07. The average molecular weight is 348 g/mol. The van der Waals surface area contributed by atoms with Crippen LogP contribution < -0.4 is 20.1 Å². The Labute approximate surface area is 144 Å². The predicted molar refractivity (Wildman–Crippen MR) is 92.6 cm³/mol. The van der Waals surface area contributed by atoms with Gasteiger partial charge in [0.15, 0.2) is 0 Å². The SMILES string of the molecule is COc1ccc(CNC(=O)C(C)NC(=O)c2cccs2)c(OC)c1. The first-order chi connectivity index (χ1) is 11.5. The Balaban J connectivity index is 1.91. The fraction of sp³-hybridized carbons (Fsp3) is 0.294. The van der Waals surface area contributed by atoms with Gasteiger partial charge >= 0.3 is 0 Å². The zero-order valence-electron chi connectivity index (χ0n) is 13.8. The topological polar surface area (TPSA) is 76.7 Å². The number of thiophene rings is 1. The largest absolute Gasteiger partial charge is 0.497 e. The Morgan fingerprint density at radius 2 is 2.00 bits per heavy atom. The summed E-state index contributed by atoms with van der Waals surface area (Å²) in [5.74, 6) is 0.788. The van der Waals surface area contributed by atoms with Crippen LogP contribution in [0.1, 0.15) is 22.2 Å². The third-order valence-corrected chi connectivity index (χ3v) is 4.30. The van der Waals surface area contributed by atoms with Crippen LogP contribution in [0.5, 0.6) is 11.5 Å². The van der Waals surface area contributed by atoms with E-state index in [9.17, 15) is 9.59 Å². The highest BCUT2D eigenvalue weighted by atomic mass is 32.1. The number of hydrogen-bond acceptors (Lipinski definition) is 5. The molecular formula is C17H20N2O4S. The molecule has 0 aliphatic heterocycles. The number of hydrogen-bond donors (Lipinski definition) is 2. The lowest BCUT2D eigenvalue weighted by molar-refractivity contribution is -0.122. The highest BCUT2D eigenvalue weighted by Gasteiger charge is 2.17. The minimum absolute atomic E-state index is 0.255. The maximum atomic E-state index is 12.2. The molecule has 1 unspecified atom stereocenters. The van der Waals surface area contributed by atoms with Crippen molar-refractivity contribution < 1.29 is 19.1 Å². The first-order valence-corrected chi connectivity index (χ1v) is 8.26. The van der Waals surface area contributed by atoms with Gasteiger partial charge in [-0.2, -0.15) is 0 Å². The zero-order valence-corrected chi connectivity index (χ0v) is 14.6. The van der Waals surface area contributed by atoms with Gasteiger partial charge in [-0.05, 0) is 30.5 Å². The fourth-order valence-corrected chi connectivity index (χ4v) is 2.70. The van der Waals surface area contributed by atoms with Crippen molar-refractivity contribution in [2.45, 2.75) is 19.5 Å². The van der Waals surface area contributed by atoms with E-state index in [0.29, 0.717) is 22.9 Å². The molecular weight excluding hydrogens is 328 g/mol. The molecule has 6 nitrogen and oxygen atoms in total. The van der Waals surface area contributed by atoms with E-state index in [2.05, 4.69) is 10.6 Å². The quantitative estimate of drug-likeness (QED) is 0.804. The molecule has 0 fully saturated rings. The van der Waals surface area contributed by atoms with Crippen LogP contribution in [0.15, 0.2) is 35.7 Å². The summed E-state index contributed by atoms with van der Waals surface area (Å²) in [7, 11) is 3.14. The van der Waals surface area contributed by atoms with Gasteiger partial charge in [-0.3, -0.25) is 9.59 Å². The van der Waals surface area contributed by atoms with Gasteiger partial charge in [0.1, 0.15) is 17.5 Å². The smallest absolute Gasteiger partial charge is 0.261 e. The van der Waals surface area contributed by atoms with Crippen LogP contribution >= 0.6 is 11.3 Å². The van der Waals surface area contributed by atoms with Gasteiger partial charge in [-0.25, -0.2) is 0 Å². The van der Waals surface area contributed by atoms with Gasteiger partial charge in [0.25, 0.3) is 5.91 Å². The van der Waals surface area contributed by atoms with Crippen molar-refractivity contribution in [1.29, 1.82) is 0 Å². The molecule has 1 aromatic carbocycles. The molecule has 0 radical (unpaired) electrons. The van der Waals surface area contributed by atoms with E-state index in [1.807, 2.05) is 11.4 Å². The molecule has 0 aliphatic rings. The van der Waals surface area contributed by atoms with E-state index < -0.39 is 6.04 Å². The summed E-state index contributed by atoms with van der Waals surface area (Å²) in [6, 6.07) is 8.25. The number of benzene rings is 1. The summed E-state index contributed by atoms with van der Waals surface area (Å²) >= 11 is 1.33. The van der Waals surface area contributed by atoms with Crippen molar-refractivity contribution in [3.8, 4) is 11.5 Å². The Morgan fingerprint density at radius 3 is 2.62 bits per heavy atom. The summed E-state index contributed by atoms with van der Waals surface area (Å²) in [5.41, 5.74) is 0.823. The summed E-state index contributed by atoms with van der Waals surface area (Å²) < 4.78 is 10.4. The average Bonchev–Trinajstić information content (AvgIpc) is 3.14. The summed E-state index contributed by atoms with van der Waals surface area (Å²) in [6.07, 6.45) is 0. The van der Waals surface area contributed by atoms with Crippen LogP contribution in [0.25, 0.3) is 0 Å². The third kappa shape index (κ3) is 4.48. The first kappa shape index (κ1) is 17.8. The van der Waals surface area contributed by atoms with E-state index in [1.54, 1.807) is 45.4 Å². The Bertz CT molecular complexity index is 701. The van der Waals surface area contributed by atoms with Gasteiger partial charge in [0.2, 0.25) is 5.91 Å². The van der Waals surface area contributed by atoms with Crippen molar-refractivity contribution in [2.24, 2.45) is 0 Å². The molecule has 0 bridgehead atoms. The third-order valence-electron chi connectivity index (χ3n) is 3.43. The number of carbonyl (C=O) groups is 2. The van der Waals surface area contributed by atoms with Crippen LogP contribution in [-0.4, -0.2) is 32.1 Å². The van der Waals surface area contributed by atoms with Gasteiger partial charge in [-0.15, -0.1) is 11.3 Å². The van der Waals surface area contributed by atoms with Crippen LogP contribution in [-0.2, 0) is 11.3 Å². The molecule has 1 heterocycles. The maximum Gasteiger partial charge on any atom is 0.261 e. The lowest BCUT2D eigenvalue weighted by Crippen LogP contribution is -2.44. The van der Waals surface area contributed by atoms with Gasteiger partial charge < -0.3 is 20.1 Å². The number of rotatable bonds is 7. The van der Waals surface area contributed by atoms with E-state index in [-0.39, 0.29) is 11.8 Å². The van der Waals surface area contributed by atoms with Crippen LogP contribution in [0.3, 0.4) is 0 Å². The molecule has 0 saturated heterocycles. The summed E-state index contributed by atoms with van der Waals surface area (Å²) in [6.45, 7) is 1.94. The van der Waals surface area contributed by atoms with Crippen LogP contribution in [0.4, 0.5) is 0 Å². The molecule has 24 heavy (non-hydrogen) atoms. The highest BCUT2D eigenvalue weighted by Crippen LogP contribution is 2.24. The Morgan fingerprint density at radius 1 is 1.21 bits per heavy atom. The first-order valence-electron chi connectivity index (χ1n) is 7.38. The Hall–Kier alpha value is -2.54. The van der Waals surface area contributed by atoms with Crippen molar-refractivity contribution in [1.82, 2.24) is 10.6 Å². The lowest BCUT2D eigenvalue weighted by Gasteiger charge is -2.15. The van der Waals surface area contributed by atoms with E-state index >= 15 is 0 Å². The minimum Gasteiger partial charge on any atom is -0.497 e. The molecule has 2 N–H and O–H groups in total. The van der Waals surface area contributed by atoms with Crippen LogP contribution in [0.2, 0.25) is 0 Å². The monoisotopic (exact) mass is 348 g/mol. The van der Waals surface area contributed by atoms with Crippen LogP contribution in [0, 0.1) is 0 Å². The molecule has 1 aromatic heterocycles. The van der Waals surface area contributed by atoms with E-state index in [1.165, 1.54) is 11.3 Å². The maximum absolute atomic E-state index is 12.2. The summed E-state index contributed by atoms with van der Waals surface area (Å²) in [5, 5.41) is 7.28. The molecule has 2 amide bonds. The second-order valence-corrected chi connectivity index (χ2v) is 6.02. The molecule has 7 heteroatoms. The van der Waals surface area contributed by atoms with Gasteiger partial charge in [0, 0.05) is 18.2 Å². The Kier molecular flexibility index (Phi) is 6.20. The van der Waals surface area contributed by atoms with Crippen molar-refractivity contribution in [2.75, 3.05) is 14.2 Å². The molecule has 1 atom stereocenters. The van der Waals surface area contributed by atoms with E-state index in [4.69, 9.17) is 9.47 Å². The normalized spacial score (nSPS) is 11.5. The van der Waals surface area contributed by atoms with Crippen molar-refractivity contribution in [3.63, 3.8) is 0 Å². The predicted octanol–water partition coefficient (Wildman–Crippen LogP) is 2.20. The second kappa shape index (κ2) is 8.35. The van der Waals surface area contributed by atoms with Crippen molar-refractivity contribution >= 4 is 23.2 Å². The van der Waals surface area contributed by atoms with Gasteiger partial charge in [-0.1, -0.05) is 6.07 Å². The highest BCUT2D eigenvalue weighted by molar-refractivity contribution is 7.12. The number of amides is 2. The van der Waals surface area contributed by atoms with E-state index in [0.717, 1.165) is 5.56 Å². The number of methoxy groups -OCH3 is 2. The fourth-order valence-electron chi connectivity index (χ4n) is 2.07. The number of ether oxygens (including phenoxy) is 2. The number of nitrogens with one attached hydrogen (secondary N) is 2. The van der Waals surface area contributed by atoms with Gasteiger partial charge in [0.05, 0.1) is 19.1 Å². The number of carbonyl (C=O) groups excluding carboxylic acids is 2. The van der Waals surface area contributed by atoms with Crippen molar-refractivity contribution in [3.05, 3.63) is 46.2 Å². The minimum atomic E-state index is -0.635. The molecule has 2 rings (SSSR count). The zero-order chi connectivity index (χ0) is 17.5.